The van der Waals surface area contributed by atoms with Crippen molar-refractivity contribution < 1.29 is 19.2 Å². The van der Waals surface area contributed by atoms with Crippen LogP contribution in [0.15, 0.2) is 18.2 Å². The average molecular weight is 421 g/mol. The number of carbonyl (C=O) groups is 4. The third-order valence-corrected chi connectivity index (χ3v) is 5.52. The van der Waals surface area contributed by atoms with E-state index in [-0.39, 0.29) is 30.8 Å². The Hall–Kier alpha value is -2.61. The van der Waals surface area contributed by atoms with Crippen LogP contribution in [-0.4, -0.2) is 46.8 Å². The topological polar surface area (TPSA) is 108 Å². The third kappa shape index (κ3) is 4.53. The van der Waals surface area contributed by atoms with Gasteiger partial charge >= 0.3 is 6.03 Å². The Balaban J connectivity index is 1.60. The first kappa shape index (κ1) is 21.1. The smallest absolute Gasteiger partial charge is 0.325 e. The number of amides is 5. The van der Waals surface area contributed by atoms with Gasteiger partial charge in [0.25, 0.3) is 11.8 Å². The minimum absolute atomic E-state index is 0.0105. The lowest BCUT2D eigenvalue weighted by molar-refractivity contribution is -0.131. The number of nitrogens with one attached hydrogen (secondary N) is 3. The van der Waals surface area contributed by atoms with Gasteiger partial charge in [0.15, 0.2) is 0 Å². The van der Waals surface area contributed by atoms with E-state index in [1.807, 2.05) is 13.8 Å². The number of hydrogen-bond acceptors (Lipinski definition) is 4. The number of urea groups is 1. The first-order valence-corrected chi connectivity index (χ1v) is 10.1. The van der Waals surface area contributed by atoms with Gasteiger partial charge in [0.1, 0.15) is 5.54 Å². The second kappa shape index (κ2) is 8.41. The summed E-state index contributed by atoms with van der Waals surface area (Å²) < 4.78 is 0. The maximum Gasteiger partial charge on any atom is 0.325 e. The summed E-state index contributed by atoms with van der Waals surface area (Å²) in [6, 6.07) is 4.13. The zero-order chi connectivity index (χ0) is 21.2. The number of imide groups is 1. The van der Waals surface area contributed by atoms with Gasteiger partial charge in [-0.25, -0.2) is 4.79 Å². The van der Waals surface area contributed by atoms with Crippen LogP contribution in [0.2, 0.25) is 5.02 Å². The zero-order valence-electron chi connectivity index (χ0n) is 16.5. The molecule has 2 fully saturated rings. The molecule has 0 radical (unpaired) electrons. The van der Waals surface area contributed by atoms with Crippen LogP contribution in [0.5, 0.6) is 0 Å². The van der Waals surface area contributed by atoms with Crippen molar-refractivity contribution >= 4 is 41.0 Å². The Morgan fingerprint density at radius 2 is 1.93 bits per heavy atom. The fourth-order valence-corrected chi connectivity index (χ4v) is 3.90. The summed E-state index contributed by atoms with van der Waals surface area (Å²) in [5, 5.41) is 8.50. The van der Waals surface area contributed by atoms with Gasteiger partial charge in [-0.3, -0.25) is 19.3 Å². The van der Waals surface area contributed by atoms with Crippen molar-refractivity contribution in [2.45, 2.75) is 57.5 Å². The van der Waals surface area contributed by atoms with Crippen LogP contribution < -0.4 is 16.0 Å². The Morgan fingerprint density at radius 3 is 2.59 bits per heavy atom. The summed E-state index contributed by atoms with van der Waals surface area (Å²) in [7, 11) is 0. The molecule has 1 aromatic carbocycles. The molecule has 0 unspecified atom stereocenters. The standard InChI is InChI=1S/C20H25ClN4O4/c1-12(2)22-17(27)13-5-6-14(21)15(11-13)23-16(26)7-10-25-18(28)20(24-19(25)29)8-3-4-9-20/h5-6,11-12H,3-4,7-10H2,1-2H3,(H,22,27)(H,23,26)(H,24,29). The molecule has 9 heteroatoms. The van der Waals surface area contributed by atoms with E-state index in [0.29, 0.717) is 29.1 Å². The number of halogens is 1. The molecule has 1 aliphatic heterocycles. The summed E-state index contributed by atoms with van der Waals surface area (Å²) in [6.45, 7) is 3.69. The maximum absolute atomic E-state index is 12.6. The highest BCUT2D eigenvalue weighted by atomic mass is 35.5. The van der Waals surface area contributed by atoms with E-state index in [1.54, 1.807) is 6.07 Å². The number of hydrogen-bond donors (Lipinski definition) is 3. The highest BCUT2D eigenvalue weighted by molar-refractivity contribution is 6.33. The van der Waals surface area contributed by atoms with Crippen LogP contribution in [0.4, 0.5) is 10.5 Å². The van der Waals surface area contributed by atoms with Crippen molar-refractivity contribution in [3.63, 3.8) is 0 Å². The zero-order valence-corrected chi connectivity index (χ0v) is 17.3. The first-order valence-electron chi connectivity index (χ1n) is 9.76. The largest absolute Gasteiger partial charge is 0.350 e. The van der Waals surface area contributed by atoms with E-state index >= 15 is 0 Å². The molecular weight excluding hydrogens is 396 g/mol. The van der Waals surface area contributed by atoms with Crippen molar-refractivity contribution in [3.05, 3.63) is 28.8 Å². The average Bonchev–Trinajstić information content (AvgIpc) is 3.20. The van der Waals surface area contributed by atoms with Crippen LogP contribution >= 0.6 is 11.6 Å². The molecule has 1 spiro atoms. The molecule has 0 bridgehead atoms. The Labute approximate surface area is 174 Å². The molecule has 0 atom stereocenters. The number of nitrogens with zero attached hydrogens (tertiary/aromatic N) is 1. The number of benzene rings is 1. The van der Waals surface area contributed by atoms with Crippen LogP contribution in [0.3, 0.4) is 0 Å². The van der Waals surface area contributed by atoms with Gasteiger partial charge < -0.3 is 16.0 Å². The molecule has 1 aromatic rings. The highest BCUT2D eigenvalue weighted by Gasteiger charge is 2.52. The Morgan fingerprint density at radius 1 is 1.24 bits per heavy atom. The van der Waals surface area contributed by atoms with Gasteiger partial charge in [0.2, 0.25) is 5.91 Å². The molecule has 0 aromatic heterocycles. The van der Waals surface area contributed by atoms with Crippen LogP contribution in [0.25, 0.3) is 0 Å². The molecule has 1 saturated heterocycles. The van der Waals surface area contributed by atoms with Crippen LogP contribution in [-0.2, 0) is 9.59 Å². The fraction of sp³-hybridized carbons (Fsp3) is 0.500. The van der Waals surface area contributed by atoms with E-state index in [1.165, 1.54) is 12.1 Å². The van der Waals surface area contributed by atoms with E-state index in [0.717, 1.165) is 17.7 Å². The fourth-order valence-electron chi connectivity index (χ4n) is 3.73. The molecule has 29 heavy (non-hydrogen) atoms. The van der Waals surface area contributed by atoms with Gasteiger partial charge in [0.05, 0.1) is 10.7 Å². The molecule has 2 aliphatic rings. The molecular formula is C20H25ClN4O4. The van der Waals surface area contributed by atoms with Crippen LogP contribution in [0.1, 0.15) is 56.3 Å². The van der Waals surface area contributed by atoms with Crippen molar-refractivity contribution in [3.8, 4) is 0 Å². The van der Waals surface area contributed by atoms with E-state index in [9.17, 15) is 19.2 Å². The van der Waals surface area contributed by atoms with E-state index < -0.39 is 17.5 Å². The highest BCUT2D eigenvalue weighted by Crippen LogP contribution is 2.35. The van der Waals surface area contributed by atoms with Gasteiger partial charge in [-0.1, -0.05) is 24.4 Å². The summed E-state index contributed by atoms with van der Waals surface area (Å²) in [4.78, 5) is 50.4. The predicted octanol–water partition coefficient (Wildman–Crippen LogP) is 2.67. The van der Waals surface area contributed by atoms with Crippen molar-refractivity contribution in [2.75, 3.05) is 11.9 Å². The normalized spacial score (nSPS) is 17.7. The molecule has 1 saturated carbocycles. The lowest BCUT2D eigenvalue weighted by atomic mass is 9.98. The molecule has 8 nitrogen and oxygen atoms in total. The molecule has 156 valence electrons. The van der Waals surface area contributed by atoms with Crippen molar-refractivity contribution in [1.82, 2.24) is 15.5 Å². The second-order valence-corrected chi connectivity index (χ2v) is 8.20. The molecule has 3 rings (SSSR count). The van der Waals surface area contributed by atoms with Crippen LogP contribution in [0, 0.1) is 0 Å². The van der Waals surface area contributed by atoms with Gasteiger partial charge in [0, 0.05) is 24.6 Å². The number of rotatable bonds is 6. The first-order chi connectivity index (χ1) is 13.7. The minimum atomic E-state index is -0.783. The van der Waals surface area contributed by atoms with E-state index in [2.05, 4.69) is 16.0 Å². The molecule has 1 aliphatic carbocycles. The van der Waals surface area contributed by atoms with E-state index in [4.69, 9.17) is 11.6 Å². The quantitative estimate of drug-likeness (QED) is 0.615. The second-order valence-electron chi connectivity index (χ2n) is 7.80. The third-order valence-electron chi connectivity index (χ3n) is 5.19. The summed E-state index contributed by atoms with van der Waals surface area (Å²) in [5.74, 6) is -0.923. The summed E-state index contributed by atoms with van der Waals surface area (Å²) >= 11 is 6.13. The minimum Gasteiger partial charge on any atom is -0.350 e. The summed E-state index contributed by atoms with van der Waals surface area (Å²) in [6.07, 6.45) is 3.02. The van der Waals surface area contributed by atoms with Crippen molar-refractivity contribution in [2.24, 2.45) is 0 Å². The Kier molecular flexibility index (Phi) is 6.12. The number of carbonyl (C=O) groups excluding carboxylic acids is 4. The van der Waals surface area contributed by atoms with Crippen molar-refractivity contribution in [1.29, 1.82) is 0 Å². The Bertz CT molecular complexity index is 849. The lowest BCUT2D eigenvalue weighted by Gasteiger charge is -2.20. The molecule has 3 N–H and O–H groups in total. The summed E-state index contributed by atoms with van der Waals surface area (Å²) in [5.41, 5.74) is -0.108. The predicted molar refractivity (Wildman–Crippen MR) is 109 cm³/mol. The number of anilines is 1. The monoisotopic (exact) mass is 420 g/mol. The molecule has 1 heterocycles. The van der Waals surface area contributed by atoms with Gasteiger partial charge in [-0.05, 0) is 44.9 Å². The lowest BCUT2D eigenvalue weighted by Crippen LogP contribution is -2.44. The van der Waals surface area contributed by atoms with Gasteiger partial charge in [-0.2, -0.15) is 0 Å². The maximum atomic E-state index is 12.6. The SMILES string of the molecule is CC(C)NC(=O)c1ccc(Cl)c(NC(=O)CCN2C(=O)NC3(CCCC3)C2=O)c1. The molecule has 5 amide bonds. The van der Waals surface area contributed by atoms with Gasteiger partial charge in [-0.15, -0.1) is 0 Å².